The lowest BCUT2D eigenvalue weighted by atomic mass is 9.53. The molecule has 3 N–H and O–H groups in total. The first-order valence-electron chi connectivity index (χ1n) is 14.3. The van der Waals surface area contributed by atoms with Crippen molar-refractivity contribution in [1.29, 1.82) is 0 Å². The van der Waals surface area contributed by atoms with Crippen molar-refractivity contribution in [3.05, 3.63) is 23.8 Å². The summed E-state index contributed by atoms with van der Waals surface area (Å²) in [6.07, 6.45) is 4.40. The smallest absolute Gasteiger partial charge is 0.407 e. The number of hydrogen-bond acceptors (Lipinski definition) is 6. The molecule has 7 nitrogen and oxygen atoms in total. The Bertz CT molecular complexity index is 944. The van der Waals surface area contributed by atoms with Gasteiger partial charge in [-0.3, -0.25) is 0 Å². The molecule has 1 aliphatic heterocycles. The molecule has 4 unspecified atom stereocenters. The van der Waals surface area contributed by atoms with Crippen LogP contribution in [0.15, 0.2) is 23.8 Å². The number of rotatable bonds is 5. The number of aliphatic hydroxyl groups is 2. The fourth-order valence-electron chi connectivity index (χ4n) is 8.27. The van der Waals surface area contributed by atoms with Gasteiger partial charge in [0.05, 0.1) is 0 Å². The molecule has 0 radical (unpaired) electrons. The first kappa shape index (κ1) is 28.2. The number of allylic oxidation sites excluding steroid dienone is 2. The van der Waals surface area contributed by atoms with E-state index in [0.29, 0.717) is 24.5 Å². The third-order valence-electron chi connectivity index (χ3n) is 10.3. The molecule has 3 aliphatic carbocycles. The number of carbonyl (C=O) groups is 2. The Morgan fingerprint density at radius 3 is 2.65 bits per heavy atom. The minimum Gasteiger partial charge on any atom is -0.460 e. The van der Waals surface area contributed by atoms with Crippen LogP contribution in [0.1, 0.15) is 80.1 Å². The molecular weight excluding hydrogens is 470 g/mol. The zero-order chi connectivity index (χ0) is 27.3. The van der Waals surface area contributed by atoms with Crippen LogP contribution in [0, 0.1) is 40.9 Å². The molecule has 0 spiro atoms. The maximum Gasteiger partial charge on any atom is 0.407 e. The normalized spacial score (nSPS) is 44.9. The number of carbonyl (C=O) groups excluding carboxylic acids is 2. The number of fused-ring (bicyclic) bond motifs is 3. The van der Waals surface area contributed by atoms with Crippen LogP contribution in [-0.2, 0) is 14.3 Å². The van der Waals surface area contributed by atoms with Crippen LogP contribution >= 0.6 is 0 Å². The lowest BCUT2D eigenvalue weighted by Gasteiger charge is -2.54. The fraction of sp³-hybridized carbons (Fsp3) is 0.800. The summed E-state index contributed by atoms with van der Waals surface area (Å²) in [5.41, 5.74) is 0.0497. The van der Waals surface area contributed by atoms with Crippen LogP contribution in [0.3, 0.4) is 0 Å². The van der Waals surface area contributed by atoms with Crippen LogP contribution < -0.4 is 5.32 Å². The fourth-order valence-corrected chi connectivity index (χ4v) is 8.27. The standard InChI is InChI=1S/C30H47NO6/c1-8-9-12-31-28(34)37-24-15-29(7)14-21-17(4)10-11-22-19(6)36-27(33)26(32)30(22,35)18(5)20(21)13-23(29)25(24)16(2)3/h10,16,19-26,32,35H,5,8-9,11-15H2,1-4,6-7H3,(H,31,34)/b17-10-/t19-,20?,21?,22?,23?,24+,25+,26+,29-,30+/m0/s1. The van der Waals surface area contributed by atoms with Crippen LogP contribution in [0.4, 0.5) is 4.79 Å². The molecule has 3 fully saturated rings. The number of nitrogens with one attached hydrogen (secondary N) is 1. The highest BCUT2D eigenvalue weighted by Gasteiger charge is 2.62. The quantitative estimate of drug-likeness (QED) is 0.276. The number of cyclic esters (lactones) is 1. The molecule has 1 amide bonds. The Hall–Kier alpha value is -1.86. The number of ether oxygens (including phenoxy) is 2. The summed E-state index contributed by atoms with van der Waals surface area (Å²) in [4.78, 5) is 25.1. The monoisotopic (exact) mass is 517 g/mol. The van der Waals surface area contributed by atoms with Crippen molar-refractivity contribution in [3.8, 4) is 0 Å². The summed E-state index contributed by atoms with van der Waals surface area (Å²) in [5, 5.41) is 25.8. The minimum absolute atomic E-state index is 0.0293. The zero-order valence-corrected chi connectivity index (χ0v) is 23.5. The molecule has 208 valence electrons. The van der Waals surface area contributed by atoms with Gasteiger partial charge in [-0.1, -0.05) is 52.3 Å². The van der Waals surface area contributed by atoms with Crippen molar-refractivity contribution in [2.24, 2.45) is 40.9 Å². The number of esters is 1. The van der Waals surface area contributed by atoms with Crippen molar-refractivity contribution in [1.82, 2.24) is 5.32 Å². The highest BCUT2D eigenvalue weighted by molar-refractivity contribution is 5.78. The number of unbranched alkanes of at least 4 members (excludes halogenated alkanes) is 1. The highest BCUT2D eigenvalue weighted by atomic mass is 16.6. The molecule has 7 heteroatoms. The molecule has 1 heterocycles. The number of hydrogen-bond donors (Lipinski definition) is 3. The SMILES string of the molecule is C=C1C2CC3[C@@H](C(C)C)[C@H](OC(=O)NCCCC)C[C@]3(C)CC2/C(C)=C\CC2[C@H](C)OC(=O)[C@@H](O)[C@@]12O. The average Bonchev–Trinajstić information content (AvgIpc) is 3.11. The molecule has 0 aromatic carbocycles. The zero-order valence-electron chi connectivity index (χ0n) is 23.5. The van der Waals surface area contributed by atoms with Crippen LogP contribution in [0.5, 0.6) is 0 Å². The molecule has 4 rings (SSSR count). The summed E-state index contributed by atoms with van der Waals surface area (Å²) in [6, 6.07) is 0. The van der Waals surface area contributed by atoms with Crippen LogP contribution in [-0.4, -0.2) is 52.7 Å². The van der Waals surface area contributed by atoms with E-state index in [1.54, 1.807) is 6.92 Å². The first-order valence-corrected chi connectivity index (χ1v) is 14.3. The lowest BCUT2D eigenvalue weighted by molar-refractivity contribution is -0.209. The van der Waals surface area contributed by atoms with Gasteiger partial charge in [-0.25, -0.2) is 9.59 Å². The molecule has 0 bridgehead atoms. The van der Waals surface area contributed by atoms with Gasteiger partial charge in [-0.05, 0) is 80.6 Å². The molecule has 10 atom stereocenters. The highest BCUT2D eigenvalue weighted by Crippen LogP contribution is 2.63. The van der Waals surface area contributed by atoms with Crippen molar-refractivity contribution in [2.75, 3.05) is 6.54 Å². The van der Waals surface area contributed by atoms with Crippen LogP contribution in [0.25, 0.3) is 0 Å². The third kappa shape index (κ3) is 4.75. The largest absolute Gasteiger partial charge is 0.460 e. The maximum atomic E-state index is 12.6. The molecule has 37 heavy (non-hydrogen) atoms. The Kier molecular flexibility index (Phi) is 7.89. The van der Waals surface area contributed by atoms with Crippen LogP contribution in [0.2, 0.25) is 0 Å². The van der Waals surface area contributed by atoms with Gasteiger partial charge in [-0.15, -0.1) is 0 Å². The first-order chi connectivity index (χ1) is 17.3. The topological polar surface area (TPSA) is 105 Å². The van der Waals surface area contributed by atoms with Gasteiger partial charge >= 0.3 is 12.1 Å². The molecular formula is C30H47NO6. The maximum absolute atomic E-state index is 12.6. The second-order valence-corrected chi connectivity index (χ2v) is 12.8. The van der Waals surface area contributed by atoms with Gasteiger partial charge in [-0.2, -0.15) is 0 Å². The predicted molar refractivity (Wildman–Crippen MR) is 141 cm³/mol. The van der Waals surface area contributed by atoms with E-state index in [4.69, 9.17) is 9.47 Å². The summed E-state index contributed by atoms with van der Waals surface area (Å²) >= 11 is 0. The second kappa shape index (κ2) is 10.4. The van der Waals surface area contributed by atoms with Crippen molar-refractivity contribution in [2.45, 2.75) is 104 Å². The summed E-state index contributed by atoms with van der Waals surface area (Å²) < 4.78 is 11.5. The number of aliphatic hydroxyl groups excluding tert-OH is 1. The third-order valence-corrected chi connectivity index (χ3v) is 10.3. The molecule has 2 saturated carbocycles. The second-order valence-electron chi connectivity index (χ2n) is 12.8. The molecule has 4 aliphatic rings. The number of alkyl carbamates (subject to hydrolysis) is 1. The summed E-state index contributed by atoms with van der Waals surface area (Å²) in [7, 11) is 0. The summed E-state index contributed by atoms with van der Waals surface area (Å²) in [5.74, 6) is -0.438. The van der Waals surface area contributed by atoms with Gasteiger partial charge in [0.2, 0.25) is 0 Å². The van der Waals surface area contributed by atoms with E-state index in [2.05, 4.69) is 52.6 Å². The summed E-state index contributed by atoms with van der Waals surface area (Å²) in [6.45, 7) is 17.7. The van der Waals surface area contributed by atoms with E-state index < -0.39 is 29.7 Å². The van der Waals surface area contributed by atoms with Crippen molar-refractivity contribution in [3.63, 3.8) is 0 Å². The Balaban J connectivity index is 1.66. The van der Waals surface area contributed by atoms with Gasteiger partial charge in [0.1, 0.15) is 17.8 Å². The average molecular weight is 518 g/mol. The van der Waals surface area contributed by atoms with E-state index in [9.17, 15) is 19.8 Å². The van der Waals surface area contributed by atoms with E-state index in [0.717, 1.165) is 32.1 Å². The molecule has 0 aromatic heterocycles. The van der Waals surface area contributed by atoms with E-state index >= 15 is 0 Å². The molecule has 0 aromatic rings. The van der Waals surface area contributed by atoms with Gasteiger partial charge in [0.25, 0.3) is 0 Å². The Morgan fingerprint density at radius 2 is 2.00 bits per heavy atom. The van der Waals surface area contributed by atoms with Gasteiger partial charge < -0.3 is 25.0 Å². The Labute approximate surface area is 222 Å². The molecule has 1 saturated heterocycles. The van der Waals surface area contributed by atoms with E-state index in [-0.39, 0.29) is 41.3 Å². The van der Waals surface area contributed by atoms with E-state index in [1.807, 2.05) is 0 Å². The minimum atomic E-state index is -1.73. The Morgan fingerprint density at radius 1 is 1.30 bits per heavy atom. The van der Waals surface area contributed by atoms with Gasteiger partial charge in [0, 0.05) is 18.4 Å². The number of amides is 1. The van der Waals surface area contributed by atoms with E-state index in [1.165, 1.54) is 5.57 Å². The van der Waals surface area contributed by atoms with Crippen molar-refractivity contribution < 1.29 is 29.3 Å². The van der Waals surface area contributed by atoms with Gasteiger partial charge in [0.15, 0.2) is 6.10 Å². The lowest BCUT2D eigenvalue weighted by Crippen LogP contribution is -2.63. The van der Waals surface area contributed by atoms with Crippen molar-refractivity contribution >= 4 is 12.1 Å². The predicted octanol–water partition coefficient (Wildman–Crippen LogP) is 4.77.